The van der Waals surface area contributed by atoms with E-state index in [1.54, 1.807) is 30.3 Å². The third kappa shape index (κ3) is 4.21. The Morgan fingerprint density at radius 3 is 2.46 bits per heavy atom. The number of para-hydroxylation sites is 2. The van der Waals surface area contributed by atoms with Gasteiger partial charge in [0.15, 0.2) is 9.84 Å². The third-order valence-corrected chi connectivity index (χ3v) is 5.44. The first-order valence-electron chi connectivity index (χ1n) is 8.08. The van der Waals surface area contributed by atoms with Crippen LogP contribution < -0.4 is 10.1 Å². The first kappa shape index (κ1) is 17.9. The Bertz CT molecular complexity index is 1040. The molecule has 0 fully saturated rings. The molecule has 0 aliphatic heterocycles. The molecule has 0 radical (unpaired) electrons. The molecule has 1 N–H and O–H groups in total. The van der Waals surface area contributed by atoms with Crippen molar-refractivity contribution >= 4 is 32.2 Å². The van der Waals surface area contributed by atoms with Gasteiger partial charge in [-0.3, -0.25) is 4.79 Å². The number of hydrogen-bond donors (Lipinski definition) is 1. The zero-order valence-corrected chi connectivity index (χ0v) is 15.1. The predicted octanol–water partition coefficient (Wildman–Crippen LogP) is 3.40. The fraction of sp³-hybridized carbons (Fsp3) is 0.150. The topological polar surface area (TPSA) is 72.5 Å². The number of carbonyl (C=O) groups is 1. The van der Waals surface area contributed by atoms with Crippen LogP contribution in [0, 0.1) is 0 Å². The molecule has 0 aliphatic carbocycles. The van der Waals surface area contributed by atoms with Crippen LogP contribution in [-0.2, 0) is 20.4 Å². The highest BCUT2D eigenvalue weighted by molar-refractivity contribution is 7.91. The van der Waals surface area contributed by atoms with Crippen LogP contribution in [0.3, 0.4) is 0 Å². The molecule has 134 valence electrons. The Morgan fingerprint density at radius 1 is 0.962 bits per heavy atom. The van der Waals surface area contributed by atoms with E-state index >= 15 is 0 Å². The second-order valence-electron chi connectivity index (χ2n) is 5.92. The number of ether oxygens (including phenoxy) is 1. The molecule has 0 bridgehead atoms. The largest absolute Gasteiger partial charge is 0.495 e. The fourth-order valence-electron chi connectivity index (χ4n) is 2.84. The van der Waals surface area contributed by atoms with Crippen LogP contribution in [0.1, 0.15) is 5.56 Å². The van der Waals surface area contributed by atoms with Crippen molar-refractivity contribution < 1.29 is 17.9 Å². The van der Waals surface area contributed by atoms with Crippen molar-refractivity contribution in [2.45, 2.75) is 5.75 Å². The first-order chi connectivity index (χ1) is 12.5. The fourth-order valence-corrected chi connectivity index (χ4v) is 4.14. The number of methoxy groups -OCH3 is 1. The highest BCUT2D eigenvalue weighted by Gasteiger charge is 2.19. The molecule has 5 nitrogen and oxygen atoms in total. The molecule has 3 aromatic rings. The van der Waals surface area contributed by atoms with Crippen molar-refractivity contribution in [3.63, 3.8) is 0 Å². The minimum absolute atomic E-state index is 0.187. The third-order valence-electron chi connectivity index (χ3n) is 3.99. The van der Waals surface area contributed by atoms with Crippen LogP contribution in [0.4, 0.5) is 5.69 Å². The quantitative estimate of drug-likeness (QED) is 0.723. The molecule has 0 saturated heterocycles. The smallest absolute Gasteiger partial charge is 0.239 e. The minimum atomic E-state index is -3.62. The Kier molecular flexibility index (Phi) is 5.23. The summed E-state index contributed by atoms with van der Waals surface area (Å²) < 4.78 is 30.2. The summed E-state index contributed by atoms with van der Waals surface area (Å²) in [4.78, 5) is 12.2. The normalized spacial score (nSPS) is 11.3. The molecule has 3 aromatic carbocycles. The first-order valence-corrected chi connectivity index (χ1v) is 9.90. The van der Waals surface area contributed by atoms with Crippen LogP contribution in [0.15, 0.2) is 66.7 Å². The Morgan fingerprint density at radius 2 is 1.65 bits per heavy atom. The predicted molar refractivity (Wildman–Crippen MR) is 103 cm³/mol. The standard InChI is InChI=1S/C20H19NO4S/c1-25-19-12-5-4-11-18(19)21-20(22)14-26(23,24)13-16-9-6-8-15-7-2-3-10-17(15)16/h2-12H,13-14H2,1H3,(H,21,22). The second-order valence-corrected chi connectivity index (χ2v) is 7.98. The summed E-state index contributed by atoms with van der Waals surface area (Å²) in [7, 11) is -2.13. The maximum absolute atomic E-state index is 12.5. The number of benzene rings is 3. The summed E-state index contributed by atoms with van der Waals surface area (Å²) in [5, 5.41) is 4.45. The molecule has 0 spiro atoms. The number of sulfone groups is 1. The van der Waals surface area contributed by atoms with E-state index in [1.165, 1.54) is 7.11 Å². The van der Waals surface area contributed by atoms with Crippen molar-refractivity contribution in [3.8, 4) is 5.75 Å². The van der Waals surface area contributed by atoms with E-state index in [-0.39, 0.29) is 5.75 Å². The summed E-state index contributed by atoms with van der Waals surface area (Å²) in [6.07, 6.45) is 0. The van der Waals surface area contributed by atoms with Gasteiger partial charge in [0.2, 0.25) is 5.91 Å². The molecule has 0 aliphatic rings. The van der Waals surface area contributed by atoms with E-state index in [4.69, 9.17) is 4.74 Å². The highest BCUT2D eigenvalue weighted by atomic mass is 32.2. The average molecular weight is 369 g/mol. The Balaban J connectivity index is 1.75. The molecule has 1 amide bonds. The summed E-state index contributed by atoms with van der Waals surface area (Å²) in [6.45, 7) is 0. The molecule has 0 unspecified atom stereocenters. The molecule has 26 heavy (non-hydrogen) atoms. The summed E-state index contributed by atoms with van der Waals surface area (Å²) in [5.41, 5.74) is 1.13. The lowest BCUT2D eigenvalue weighted by molar-refractivity contribution is -0.113. The van der Waals surface area contributed by atoms with Crippen molar-refractivity contribution in [3.05, 3.63) is 72.3 Å². The van der Waals surface area contributed by atoms with Crippen molar-refractivity contribution in [2.24, 2.45) is 0 Å². The molecule has 6 heteroatoms. The van der Waals surface area contributed by atoms with Crippen molar-refractivity contribution in [2.75, 3.05) is 18.2 Å². The summed E-state index contributed by atoms with van der Waals surface area (Å²) >= 11 is 0. The van der Waals surface area contributed by atoms with Gasteiger partial charge in [0, 0.05) is 0 Å². The van der Waals surface area contributed by atoms with Gasteiger partial charge in [-0.1, -0.05) is 54.6 Å². The van der Waals surface area contributed by atoms with Gasteiger partial charge in [0.05, 0.1) is 18.6 Å². The lowest BCUT2D eigenvalue weighted by atomic mass is 10.1. The van der Waals surface area contributed by atoms with Gasteiger partial charge in [-0.25, -0.2) is 8.42 Å². The molecular weight excluding hydrogens is 350 g/mol. The van der Waals surface area contributed by atoms with Crippen molar-refractivity contribution in [1.82, 2.24) is 0 Å². The van der Waals surface area contributed by atoms with E-state index in [2.05, 4.69) is 5.32 Å². The van der Waals surface area contributed by atoms with Crippen molar-refractivity contribution in [1.29, 1.82) is 0 Å². The van der Waals surface area contributed by atoms with E-state index in [9.17, 15) is 13.2 Å². The second kappa shape index (κ2) is 7.58. The summed E-state index contributed by atoms with van der Waals surface area (Å²) in [6, 6.07) is 20.0. The average Bonchev–Trinajstić information content (AvgIpc) is 2.61. The van der Waals surface area contributed by atoms with Crippen LogP contribution in [0.2, 0.25) is 0 Å². The number of carbonyl (C=O) groups excluding carboxylic acids is 1. The number of hydrogen-bond acceptors (Lipinski definition) is 4. The maximum Gasteiger partial charge on any atom is 0.239 e. The SMILES string of the molecule is COc1ccccc1NC(=O)CS(=O)(=O)Cc1cccc2ccccc12. The van der Waals surface area contributed by atoms with Gasteiger partial charge in [-0.2, -0.15) is 0 Å². The van der Waals surface area contributed by atoms with E-state index < -0.39 is 21.5 Å². The Hall–Kier alpha value is -2.86. The Labute approximate surface area is 152 Å². The van der Waals surface area contributed by atoms with Crippen LogP contribution in [0.5, 0.6) is 5.75 Å². The lowest BCUT2D eigenvalue weighted by Crippen LogP contribution is -2.24. The number of rotatable bonds is 6. The highest BCUT2D eigenvalue weighted by Crippen LogP contribution is 2.24. The summed E-state index contributed by atoms with van der Waals surface area (Å²) in [5.74, 6) is -0.885. The van der Waals surface area contributed by atoms with Gasteiger partial charge in [-0.15, -0.1) is 0 Å². The number of anilines is 1. The van der Waals surface area contributed by atoms with Gasteiger partial charge < -0.3 is 10.1 Å². The van der Waals surface area contributed by atoms with Gasteiger partial charge in [0.25, 0.3) is 0 Å². The van der Waals surface area contributed by atoms with Gasteiger partial charge in [-0.05, 0) is 28.5 Å². The van der Waals surface area contributed by atoms with Gasteiger partial charge in [0.1, 0.15) is 11.5 Å². The van der Waals surface area contributed by atoms with Crippen LogP contribution in [-0.4, -0.2) is 27.2 Å². The zero-order chi connectivity index (χ0) is 18.6. The zero-order valence-electron chi connectivity index (χ0n) is 14.3. The lowest BCUT2D eigenvalue weighted by Gasteiger charge is -2.11. The number of fused-ring (bicyclic) bond motifs is 1. The molecular formula is C20H19NO4S. The van der Waals surface area contributed by atoms with E-state index in [1.807, 2.05) is 36.4 Å². The molecule has 3 rings (SSSR count). The molecule has 0 aromatic heterocycles. The molecule has 0 saturated carbocycles. The molecule has 0 heterocycles. The number of amides is 1. The molecule has 0 atom stereocenters. The van der Waals surface area contributed by atoms with E-state index in [0.717, 1.165) is 10.8 Å². The van der Waals surface area contributed by atoms with Gasteiger partial charge >= 0.3 is 0 Å². The van der Waals surface area contributed by atoms with Crippen LogP contribution in [0.25, 0.3) is 10.8 Å². The minimum Gasteiger partial charge on any atom is -0.495 e. The van der Waals surface area contributed by atoms with Crippen LogP contribution >= 0.6 is 0 Å². The monoisotopic (exact) mass is 369 g/mol. The van der Waals surface area contributed by atoms with E-state index in [0.29, 0.717) is 17.0 Å². The maximum atomic E-state index is 12.5. The number of nitrogens with one attached hydrogen (secondary N) is 1.